The highest BCUT2D eigenvalue weighted by molar-refractivity contribution is 7.92. The molecule has 1 heterocycles. The number of ether oxygens (including phenoxy) is 1. The minimum Gasteiger partial charge on any atom is -0.497 e. The first-order valence-corrected chi connectivity index (χ1v) is 13.3. The lowest BCUT2D eigenvalue weighted by molar-refractivity contribution is -0.119. The number of anilines is 3. The van der Waals surface area contributed by atoms with Crippen LogP contribution in [0.1, 0.15) is 18.9 Å². The summed E-state index contributed by atoms with van der Waals surface area (Å²) in [6.45, 7) is 1.82. The van der Waals surface area contributed by atoms with Crippen molar-refractivity contribution in [2.45, 2.75) is 30.7 Å². The summed E-state index contributed by atoms with van der Waals surface area (Å²) in [6.07, 6.45) is 0.543. The number of carbonyl (C=O) groups excluding carboxylic acids is 1. The van der Waals surface area contributed by atoms with Crippen molar-refractivity contribution in [2.24, 2.45) is 5.73 Å². The molecule has 4 N–H and O–H groups in total. The zero-order valence-electron chi connectivity index (χ0n) is 20.2. The molecule has 0 saturated heterocycles. The van der Waals surface area contributed by atoms with E-state index >= 15 is 0 Å². The Morgan fingerprint density at radius 2 is 1.73 bits per heavy atom. The number of halogens is 1. The number of hydrogen-bond donors (Lipinski definition) is 3. The second-order valence-corrected chi connectivity index (χ2v) is 10.4. The maximum atomic E-state index is 13.4. The van der Waals surface area contributed by atoms with Crippen LogP contribution in [0.15, 0.2) is 71.6 Å². The minimum absolute atomic E-state index is 0.0212. The van der Waals surface area contributed by atoms with Gasteiger partial charge in [-0.15, -0.1) is 0 Å². The summed E-state index contributed by atoms with van der Waals surface area (Å²) in [5.74, 6) is 0.522. The van der Waals surface area contributed by atoms with Gasteiger partial charge < -0.3 is 15.8 Å². The topological polar surface area (TPSA) is 136 Å². The van der Waals surface area contributed by atoms with Crippen molar-refractivity contribution in [3.63, 3.8) is 0 Å². The quantitative estimate of drug-likeness (QED) is 0.264. The van der Waals surface area contributed by atoms with E-state index in [2.05, 4.69) is 20.0 Å². The summed E-state index contributed by atoms with van der Waals surface area (Å²) in [5.41, 5.74) is 7.88. The standard InChI is InChI=1S/C26H26ClN5O4S/c1-3-20(28)24(33)14-16-7-6-8-18(13-16)37(34,35)32-26-25(29-21-9-4-5-10-22(21)30-26)31-23-15-17(36-2)11-12-19(23)27/h4-13,15,20H,3,14,28H2,1-2H3,(H,29,31)(H,30,32)/t20-/m0/s1. The average molecular weight is 540 g/mol. The van der Waals surface area contributed by atoms with E-state index in [9.17, 15) is 13.2 Å². The third kappa shape index (κ3) is 6.16. The molecule has 1 atom stereocenters. The Bertz CT molecular complexity index is 1560. The molecule has 0 amide bonds. The Balaban J connectivity index is 1.71. The van der Waals surface area contributed by atoms with Gasteiger partial charge in [-0.2, -0.15) is 0 Å². The number of aromatic nitrogens is 2. The number of ketones is 1. The normalized spacial score (nSPS) is 12.2. The van der Waals surface area contributed by atoms with Crippen molar-refractivity contribution in [1.29, 1.82) is 0 Å². The van der Waals surface area contributed by atoms with Gasteiger partial charge in [0.1, 0.15) is 5.75 Å². The molecule has 0 aliphatic carbocycles. The maximum Gasteiger partial charge on any atom is 0.263 e. The predicted molar refractivity (Wildman–Crippen MR) is 145 cm³/mol. The molecule has 0 fully saturated rings. The van der Waals surface area contributed by atoms with Crippen molar-refractivity contribution in [2.75, 3.05) is 17.1 Å². The largest absolute Gasteiger partial charge is 0.497 e. The highest BCUT2D eigenvalue weighted by Crippen LogP contribution is 2.32. The Hall–Kier alpha value is -3.73. The van der Waals surface area contributed by atoms with Crippen LogP contribution in [0, 0.1) is 0 Å². The number of nitrogens with zero attached hydrogens (tertiary/aromatic N) is 2. The number of benzene rings is 3. The van der Waals surface area contributed by atoms with E-state index < -0.39 is 16.1 Å². The molecule has 4 rings (SSSR count). The van der Waals surface area contributed by atoms with Crippen molar-refractivity contribution in [3.05, 3.63) is 77.3 Å². The first kappa shape index (κ1) is 26.3. The highest BCUT2D eigenvalue weighted by Gasteiger charge is 2.21. The highest BCUT2D eigenvalue weighted by atomic mass is 35.5. The molecule has 0 unspecified atom stereocenters. The van der Waals surface area contributed by atoms with Crippen LogP contribution in [0.4, 0.5) is 17.3 Å². The van der Waals surface area contributed by atoms with E-state index in [1.165, 1.54) is 19.2 Å². The molecule has 37 heavy (non-hydrogen) atoms. The molecule has 0 bridgehead atoms. The summed E-state index contributed by atoms with van der Waals surface area (Å²) in [7, 11) is -2.57. The number of sulfonamides is 1. The van der Waals surface area contributed by atoms with Crippen LogP contribution < -0.4 is 20.5 Å². The van der Waals surface area contributed by atoms with E-state index in [0.717, 1.165) is 0 Å². The van der Waals surface area contributed by atoms with Crippen LogP contribution in [0.25, 0.3) is 11.0 Å². The fourth-order valence-corrected chi connectivity index (χ4v) is 4.83. The number of methoxy groups -OCH3 is 1. The predicted octanol–water partition coefficient (Wildman–Crippen LogP) is 4.69. The lowest BCUT2D eigenvalue weighted by atomic mass is 10.0. The zero-order valence-corrected chi connectivity index (χ0v) is 21.8. The lowest BCUT2D eigenvalue weighted by Gasteiger charge is -2.15. The molecular formula is C26H26ClN5O4S. The Kier molecular flexibility index (Phi) is 7.91. The van der Waals surface area contributed by atoms with Gasteiger partial charge in [0.2, 0.25) is 0 Å². The number of nitrogens with one attached hydrogen (secondary N) is 2. The SMILES string of the molecule is CC[C@H](N)C(=O)Cc1cccc(S(=O)(=O)Nc2nc3ccccc3nc2Nc2cc(OC)ccc2Cl)c1. The van der Waals surface area contributed by atoms with Crippen LogP contribution >= 0.6 is 11.6 Å². The third-order valence-corrected chi connectivity index (χ3v) is 7.33. The van der Waals surface area contributed by atoms with Crippen molar-refractivity contribution >= 4 is 55.8 Å². The van der Waals surface area contributed by atoms with Crippen molar-refractivity contribution < 1.29 is 17.9 Å². The van der Waals surface area contributed by atoms with Gasteiger partial charge in [0.15, 0.2) is 17.4 Å². The number of hydrogen-bond acceptors (Lipinski definition) is 8. The van der Waals surface area contributed by atoms with Crippen LogP contribution in [0.5, 0.6) is 5.75 Å². The van der Waals surface area contributed by atoms with E-state index in [-0.39, 0.29) is 28.7 Å². The van der Waals surface area contributed by atoms with Crippen LogP contribution in [0.3, 0.4) is 0 Å². The van der Waals surface area contributed by atoms with Crippen molar-refractivity contribution in [1.82, 2.24) is 9.97 Å². The molecule has 0 saturated carbocycles. The molecule has 4 aromatic rings. The number of nitrogens with two attached hydrogens (primary N) is 1. The monoisotopic (exact) mass is 539 g/mol. The van der Waals surface area contributed by atoms with Gasteiger partial charge in [-0.05, 0) is 48.4 Å². The number of para-hydroxylation sites is 2. The second-order valence-electron chi connectivity index (χ2n) is 8.29. The molecule has 1 aromatic heterocycles. The van der Waals surface area contributed by atoms with Gasteiger partial charge in [-0.25, -0.2) is 18.4 Å². The molecule has 0 radical (unpaired) electrons. The smallest absolute Gasteiger partial charge is 0.263 e. The molecular weight excluding hydrogens is 514 g/mol. The van der Waals surface area contributed by atoms with Crippen LogP contribution in [0.2, 0.25) is 5.02 Å². The molecule has 192 valence electrons. The van der Waals surface area contributed by atoms with Gasteiger partial charge in [-0.3, -0.25) is 9.52 Å². The summed E-state index contributed by atoms with van der Waals surface area (Å²) in [6, 6.07) is 17.7. The summed E-state index contributed by atoms with van der Waals surface area (Å²) < 4.78 is 34.5. The van der Waals surface area contributed by atoms with E-state index in [1.54, 1.807) is 54.6 Å². The number of fused-ring (bicyclic) bond motifs is 1. The van der Waals surface area contributed by atoms with E-state index in [1.807, 2.05) is 6.92 Å². The van der Waals surface area contributed by atoms with Gasteiger partial charge >= 0.3 is 0 Å². The molecule has 3 aromatic carbocycles. The first-order valence-electron chi connectivity index (χ1n) is 11.5. The molecule has 0 spiro atoms. The molecule has 9 nitrogen and oxygen atoms in total. The first-order chi connectivity index (χ1) is 17.7. The van der Waals surface area contributed by atoms with Gasteiger partial charge in [0.25, 0.3) is 10.0 Å². The van der Waals surface area contributed by atoms with Crippen molar-refractivity contribution in [3.8, 4) is 5.75 Å². The number of carbonyl (C=O) groups is 1. The second kappa shape index (κ2) is 11.1. The zero-order chi connectivity index (χ0) is 26.6. The fourth-order valence-electron chi connectivity index (χ4n) is 3.58. The average Bonchev–Trinajstić information content (AvgIpc) is 2.89. The third-order valence-electron chi connectivity index (χ3n) is 5.67. The molecule has 0 aliphatic heterocycles. The number of rotatable bonds is 10. The van der Waals surface area contributed by atoms with E-state index in [4.69, 9.17) is 22.1 Å². The van der Waals surface area contributed by atoms with Crippen LogP contribution in [-0.2, 0) is 21.2 Å². The maximum absolute atomic E-state index is 13.4. The van der Waals surface area contributed by atoms with Crippen LogP contribution in [-0.4, -0.2) is 37.3 Å². The Morgan fingerprint density at radius 1 is 1.03 bits per heavy atom. The minimum atomic E-state index is -4.10. The number of Topliss-reactive ketones (excluding diaryl/α,β-unsaturated/α-hetero) is 1. The molecule has 0 aliphatic rings. The summed E-state index contributed by atoms with van der Waals surface area (Å²) in [5, 5.41) is 3.45. The van der Waals surface area contributed by atoms with Gasteiger partial charge in [0.05, 0.1) is 39.8 Å². The fraction of sp³-hybridized carbons (Fsp3) is 0.192. The Labute approximate surface area is 220 Å². The summed E-state index contributed by atoms with van der Waals surface area (Å²) >= 11 is 6.35. The summed E-state index contributed by atoms with van der Waals surface area (Å²) in [4.78, 5) is 21.3. The Morgan fingerprint density at radius 3 is 2.41 bits per heavy atom. The van der Waals surface area contributed by atoms with Gasteiger partial charge in [-0.1, -0.05) is 42.8 Å². The molecule has 11 heteroatoms. The van der Waals surface area contributed by atoms with E-state index in [0.29, 0.717) is 39.5 Å². The van der Waals surface area contributed by atoms with Gasteiger partial charge in [0, 0.05) is 12.5 Å². The lowest BCUT2D eigenvalue weighted by Crippen LogP contribution is -2.30.